The zero-order valence-corrected chi connectivity index (χ0v) is 10.8. The minimum Gasteiger partial charge on any atom is -0.508 e. The zero-order valence-electron chi connectivity index (χ0n) is 10.8. The van der Waals surface area contributed by atoms with Crippen molar-refractivity contribution in [2.75, 3.05) is 6.54 Å². The minimum atomic E-state index is -0.855. The van der Waals surface area contributed by atoms with Gasteiger partial charge in [-0.2, -0.15) is 0 Å². The number of carboxylic acids is 1. The molecule has 1 saturated carbocycles. The molecular formula is C14H17NO4. The molecule has 0 saturated heterocycles. The Hall–Kier alpha value is -2.04. The van der Waals surface area contributed by atoms with E-state index in [1.165, 1.54) is 6.07 Å². The number of phenols is 1. The van der Waals surface area contributed by atoms with Gasteiger partial charge < -0.3 is 15.5 Å². The molecule has 0 aromatic heterocycles. The molecule has 0 unspecified atom stereocenters. The lowest BCUT2D eigenvalue weighted by molar-refractivity contribution is -0.153. The molecule has 19 heavy (non-hydrogen) atoms. The first-order valence-corrected chi connectivity index (χ1v) is 6.26. The van der Waals surface area contributed by atoms with Gasteiger partial charge in [0.25, 0.3) is 5.91 Å². The van der Waals surface area contributed by atoms with Crippen LogP contribution in [0.2, 0.25) is 0 Å². The Labute approximate surface area is 111 Å². The van der Waals surface area contributed by atoms with Crippen LogP contribution in [0.15, 0.2) is 18.2 Å². The summed E-state index contributed by atoms with van der Waals surface area (Å²) in [6.45, 7) is 1.79. The van der Waals surface area contributed by atoms with Gasteiger partial charge in [-0.1, -0.05) is 12.5 Å². The van der Waals surface area contributed by atoms with Crippen LogP contribution in [-0.2, 0) is 4.79 Å². The Kier molecular flexibility index (Phi) is 3.46. The third kappa shape index (κ3) is 2.41. The molecule has 2 rings (SSSR count). The van der Waals surface area contributed by atoms with E-state index in [0.717, 1.165) is 6.42 Å². The molecule has 3 N–H and O–H groups in total. The summed E-state index contributed by atoms with van der Waals surface area (Å²) in [6.07, 6.45) is 2.08. The van der Waals surface area contributed by atoms with Gasteiger partial charge in [0.05, 0.1) is 5.41 Å². The third-order valence-corrected chi connectivity index (χ3v) is 3.90. The van der Waals surface area contributed by atoms with Crippen molar-refractivity contribution >= 4 is 11.9 Å². The third-order valence-electron chi connectivity index (χ3n) is 3.90. The number of nitrogens with one attached hydrogen (secondary N) is 1. The molecule has 1 aliphatic carbocycles. The lowest BCUT2D eigenvalue weighted by Gasteiger charge is -2.37. The predicted molar refractivity (Wildman–Crippen MR) is 69.1 cm³/mol. The molecule has 0 atom stereocenters. The van der Waals surface area contributed by atoms with E-state index in [2.05, 4.69) is 5.32 Å². The van der Waals surface area contributed by atoms with Crippen LogP contribution in [0, 0.1) is 12.3 Å². The van der Waals surface area contributed by atoms with E-state index in [4.69, 9.17) is 0 Å². The molecule has 1 aromatic carbocycles. The summed E-state index contributed by atoms with van der Waals surface area (Å²) < 4.78 is 0. The first kappa shape index (κ1) is 13.4. The van der Waals surface area contributed by atoms with Crippen molar-refractivity contribution in [2.45, 2.75) is 26.2 Å². The van der Waals surface area contributed by atoms with E-state index < -0.39 is 11.4 Å². The fourth-order valence-corrected chi connectivity index (χ4v) is 2.28. The summed E-state index contributed by atoms with van der Waals surface area (Å²) in [5.74, 6) is -1.14. The standard InChI is InChI=1S/C14H17NO4/c1-9-10(4-2-5-11(9)16)12(17)15-8-14(13(18)19)6-3-7-14/h2,4-5,16H,3,6-8H2,1H3,(H,15,17)(H,18,19). The Bertz CT molecular complexity index is 520. The molecule has 0 radical (unpaired) electrons. The van der Waals surface area contributed by atoms with E-state index in [1.54, 1.807) is 19.1 Å². The highest BCUT2D eigenvalue weighted by atomic mass is 16.4. The summed E-state index contributed by atoms with van der Waals surface area (Å²) in [6, 6.07) is 4.71. The van der Waals surface area contributed by atoms with Crippen LogP contribution < -0.4 is 5.32 Å². The smallest absolute Gasteiger partial charge is 0.311 e. The normalized spacial score (nSPS) is 16.5. The maximum atomic E-state index is 12.0. The number of carbonyl (C=O) groups is 2. The zero-order chi connectivity index (χ0) is 14.0. The number of amides is 1. The van der Waals surface area contributed by atoms with E-state index in [9.17, 15) is 19.8 Å². The van der Waals surface area contributed by atoms with Gasteiger partial charge in [0.2, 0.25) is 0 Å². The Balaban J connectivity index is 2.06. The van der Waals surface area contributed by atoms with Crippen LogP contribution in [0.25, 0.3) is 0 Å². The molecule has 1 aliphatic rings. The van der Waals surface area contributed by atoms with Crippen LogP contribution in [0.4, 0.5) is 0 Å². The van der Waals surface area contributed by atoms with Gasteiger partial charge in [0, 0.05) is 17.7 Å². The van der Waals surface area contributed by atoms with Gasteiger partial charge in [-0.05, 0) is 31.9 Å². The summed E-state index contributed by atoms with van der Waals surface area (Å²) in [5.41, 5.74) is 0.0678. The summed E-state index contributed by atoms with van der Waals surface area (Å²) in [4.78, 5) is 23.2. The molecule has 5 nitrogen and oxygen atoms in total. The van der Waals surface area contributed by atoms with Gasteiger partial charge in [-0.15, -0.1) is 0 Å². The highest BCUT2D eigenvalue weighted by Crippen LogP contribution is 2.40. The van der Waals surface area contributed by atoms with Crippen molar-refractivity contribution in [2.24, 2.45) is 5.41 Å². The fraction of sp³-hybridized carbons (Fsp3) is 0.429. The summed E-state index contributed by atoms with van der Waals surface area (Å²) in [5, 5.41) is 21.4. The monoisotopic (exact) mass is 263 g/mol. The van der Waals surface area contributed by atoms with Gasteiger partial charge in [-0.3, -0.25) is 9.59 Å². The number of rotatable bonds is 4. The van der Waals surface area contributed by atoms with Gasteiger partial charge in [-0.25, -0.2) is 0 Å². The van der Waals surface area contributed by atoms with Crippen LogP contribution in [-0.4, -0.2) is 28.6 Å². The second kappa shape index (κ2) is 4.91. The minimum absolute atomic E-state index is 0.0595. The second-order valence-corrected chi connectivity index (χ2v) is 5.07. The molecule has 0 heterocycles. The van der Waals surface area contributed by atoms with E-state index in [0.29, 0.717) is 24.0 Å². The van der Waals surface area contributed by atoms with Crippen molar-refractivity contribution in [1.29, 1.82) is 0 Å². The molecular weight excluding hydrogens is 246 g/mol. The first-order chi connectivity index (χ1) is 8.96. The SMILES string of the molecule is Cc1c(O)cccc1C(=O)NCC1(C(=O)O)CCC1. The number of aromatic hydroxyl groups is 1. The van der Waals surface area contributed by atoms with Crippen molar-refractivity contribution in [1.82, 2.24) is 5.32 Å². The van der Waals surface area contributed by atoms with Gasteiger partial charge >= 0.3 is 5.97 Å². The lowest BCUT2D eigenvalue weighted by Crippen LogP contribution is -2.47. The predicted octanol–water partition coefficient (Wildman–Crippen LogP) is 1.69. The van der Waals surface area contributed by atoms with Crippen molar-refractivity contribution in [3.63, 3.8) is 0 Å². The molecule has 1 aromatic rings. The molecule has 0 aliphatic heterocycles. The molecule has 1 fully saturated rings. The number of benzene rings is 1. The van der Waals surface area contributed by atoms with Crippen molar-refractivity contribution < 1.29 is 19.8 Å². The molecule has 102 valence electrons. The van der Waals surface area contributed by atoms with Gasteiger partial charge in [0.15, 0.2) is 0 Å². The summed E-state index contributed by atoms with van der Waals surface area (Å²) in [7, 11) is 0. The van der Waals surface area contributed by atoms with Crippen LogP contribution >= 0.6 is 0 Å². The van der Waals surface area contributed by atoms with Crippen LogP contribution in [0.1, 0.15) is 35.2 Å². The van der Waals surface area contributed by atoms with Crippen molar-refractivity contribution in [3.8, 4) is 5.75 Å². The maximum Gasteiger partial charge on any atom is 0.311 e. The molecule has 0 bridgehead atoms. The number of hydrogen-bond donors (Lipinski definition) is 3. The van der Waals surface area contributed by atoms with Crippen LogP contribution in [0.5, 0.6) is 5.75 Å². The first-order valence-electron chi connectivity index (χ1n) is 6.26. The number of aliphatic carboxylic acids is 1. The fourth-order valence-electron chi connectivity index (χ4n) is 2.28. The van der Waals surface area contributed by atoms with Crippen molar-refractivity contribution in [3.05, 3.63) is 29.3 Å². The molecule has 1 amide bonds. The average molecular weight is 263 g/mol. The Morgan fingerprint density at radius 2 is 2.05 bits per heavy atom. The molecule has 0 spiro atoms. The lowest BCUT2D eigenvalue weighted by atomic mass is 9.69. The highest BCUT2D eigenvalue weighted by molar-refractivity contribution is 5.96. The second-order valence-electron chi connectivity index (χ2n) is 5.07. The number of hydrogen-bond acceptors (Lipinski definition) is 3. The maximum absolute atomic E-state index is 12.0. The van der Waals surface area contributed by atoms with Crippen LogP contribution in [0.3, 0.4) is 0 Å². The van der Waals surface area contributed by atoms with E-state index in [1.807, 2.05) is 0 Å². The largest absolute Gasteiger partial charge is 0.508 e. The van der Waals surface area contributed by atoms with E-state index >= 15 is 0 Å². The topological polar surface area (TPSA) is 86.6 Å². The summed E-state index contributed by atoms with van der Waals surface area (Å²) >= 11 is 0. The Morgan fingerprint density at radius 1 is 1.37 bits per heavy atom. The number of carbonyl (C=O) groups excluding carboxylic acids is 1. The highest BCUT2D eigenvalue weighted by Gasteiger charge is 2.44. The Morgan fingerprint density at radius 3 is 2.58 bits per heavy atom. The number of phenolic OH excluding ortho intramolecular Hbond substituents is 1. The van der Waals surface area contributed by atoms with Gasteiger partial charge in [0.1, 0.15) is 5.75 Å². The van der Waals surface area contributed by atoms with E-state index in [-0.39, 0.29) is 18.2 Å². The quantitative estimate of drug-likeness (QED) is 0.771. The molecule has 5 heteroatoms. The average Bonchev–Trinajstić information content (AvgIpc) is 2.30. The number of carboxylic acid groups (broad SMARTS) is 1.